The van der Waals surface area contributed by atoms with Gasteiger partial charge in [-0.15, -0.1) is 0 Å². The number of piperazine rings is 1. The Labute approximate surface area is 198 Å². The largest absolute Gasteiger partial charge is 0.497 e. The Bertz CT molecular complexity index is 1170. The van der Waals surface area contributed by atoms with Gasteiger partial charge in [0, 0.05) is 49.4 Å². The summed E-state index contributed by atoms with van der Waals surface area (Å²) in [6, 6.07) is 17.9. The number of nitrogens with zero attached hydrogens (tertiary/aromatic N) is 2. The normalized spacial score (nSPS) is 14.0. The zero-order valence-corrected chi connectivity index (χ0v) is 19.3. The zero-order valence-electron chi connectivity index (χ0n) is 19.3. The maximum Gasteiger partial charge on any atom is 0.254 e. The molecule has 0 aliphatic carbocycles. The van der Waals surface area contributed by atoms with Gasteiger partial charge in [-0.3, -0.25) is 14.5 Å². The molecule has 6 nitrogen and oxygen atoms in total. The fourth-order valence-corrected chi connectivity index (χ4v) is 4.15. The minimum atomic E-state index is -0.412. The zero-order chi connectivity index (χ0) is 24.1. The van der Waals surface area contributed by atoms with Crippen LogP contribution < -0.4 is 9.47 Å². The van der Waals surface area contributed by atoms with Crippen molar-refractivity contribution in [3.05, 3.63) is 94.8 Å². The third-order valence-electron chi connectivity index (χ3n) is 6.05. The molecule has 0 atom stereocenters. The fourth-order valence-electron chi connectivity index (χ4n) is 4.15. The molecule has 1 aliphatic heterocycles. The first kappa shape index (κ1) is 23.4. The van der Waals surface area contributed by atoms with E-state index in [2.05, 4.69) is 4.90 Å². The second-order valence-electron chi connectivity index (χ2n) is 8.13. The number of rotatable bonds is 7. The lowest BCUT2D eigenvalue weighted by atomic mass is 9.97. The van der Waals surface area contributed by atoms with Gasteiger partial charge in [0.2, 0.25) is 0 Å². The van der Waals surface area contributed by atoms with E-state index < -0.39 is 5.82 Å². The molecule has 3 aromatic rings. The first-order valence-corrected chi connectivity index (χ1v) is 11.1. The molecule has 1 aliphatic rings. The molecule has 0 spiro atoms. The predicted octanol–water partition coefficient (Wildman–Crippen LogP) is 4.03. The molecule has 0 radical (unpaired) electrons. The van der Waals surface area contributed by atoms with Gasteiger partial charge in [0.1, 0.15) is 17.3 Å². The Balaban J connectivity index is 1.45. The second-order valence-corrected chi connectivity index (χ2v) is 8.13. The summed E-state index contributed by atoms with van der Waals surface area (Å²) in [6.45, 7) is 3.16. The van der Waals surface area contributed by atoms with E-state index in [4.69, 9.17) is 9.47 Å². The number of carbonyl (C=O) groups excluding carboxylic acids is 2. The number of carbonyl (C=O) groups is 2. The van der Waals surface area contributed by atoms with Gasteiger partial charge in [0.05, 0.1) is 19.8 Å². The minimum absolute atomic E-state index is 0.176. The quantitative estimate of drug-likeness (QED) is 0.496. The van der Waals surface area contributed by atoms with Crippen molar-refractivity contribution in [2.45, 2.75) is 6.54 Å². The smallest absolute Gasteiger partial charge is 0.254 e. The molecule has 0 aromatic heterocycles. The number of ether oxygens (including phenoxy) is 2. The van der Waals surface area contributed by atoms with Crippen LogP contribution in [0.25, 0.3) is 0 Å². The lowest BCUT2D eigenvalue weighted by molar-refractivity contribution is 0.0624. The van der Waals surface area contributed by atoms with Crippen LogP contribution >= 0.6 is 0 Å². The summed E-state index contributed by atoms with van der Waals surface area (Å²) in [5.74, 6) is 0.683. The van der Waals surface area contributed by atoms with E-state index in [1.54, 1.807) is 43.4 Å². The summed E-state index contributed by atoms with van der Waals surface area (Å²) in [5.41, 5.74) is 2.05. The van der Waals surface area contributed by atoms with Crippen molar-refractivity contribution in [2.24, 2.45) is 0 Å². The van der Waals surface area contributed by atoms with Crippen LogP contribution in [0.3, 0.4) is 0 Å². The minimum Gasteiger partial charge on any atom is -0.497 e. The van der Waals surface area contributed by atoms with Gasteiger partial charge in [0.25, 0.3) is 5.91 Å². The Morgan fingerprint density at radius 1 is 0.853 bits per heavy atom. The number of hydrogen-bond donors (Lipinski definition) is 0. The van der Waals surface area contributed by atoms with E-state index >= 15 is 0 Å². The predicted molar refractivity (Wildman–Crippen MR) is 127 cm³/mol. The van der Waals surface area contributed by atoms with Crippen LogP contribution in [0.4, 0.5) is 4.39 Å². The third-order valence-corrected chi connectivity index (χ3v) is 6.05. The van der Waals surface area contributed by atoms with E-state index in [1.807, 2.05) is 18.2 Å². The van der Waals surface area contributed by atoms with Crippen molar-refractivity contribution in [1.29, 1.82) is 0 Å². The van der Waals surface area contributed by atoms with Gasteiger partial charge in [-0.1, -0.05) is 18.2 Å². The molecule has 0 N–H and O–H groups in total. The molecule has 0 saturated carbocycles. The standard InChI is InChI=1S/C27H27FN2O4/c1-33-22-11-12-25(34-2)20(17-22)18-29-13-15-30(16-14-29)27(32)24-6-4-3-5-23(24)26(31)19-7-9-21(28)10-8-19/h3-12,17H,13-16,18H2,1-2H3. The van der Waals surface area contributed by atoms with Crippen LogP contribution in [0.2, 0.25) is 0 Å². The number of ketones is 1. The number of hydrogen-bond acceptors (Lipinski definition) is 5. The number of methoxy groups -OCH3 is 2. The molecule has 0 bridgehead atoms. The van der Waals surface area contributed by atoms with Crippen molar-refractivity contribution in [2.75, 3.05) is 40.4 Å². The van der Waals surface area contributed by atoms with Crippen molar-refractivity contribution in [1.82, 2.24) is 9.80 Å². The first-order valence-electron chi connectivity index (χ1n) is 11.1. The first-order chi connectivity index (χ1) is 16.5. The lowest BCUT2D eigenvalue weighted by Gasteiger charge is -2.35. The van der Waals surface area contributed by atoms with E-state index in [-0.39, 0.29) is 11.7 Å². The SMILES string of the molecule is COc1ccc(OC)c(CN2CCN(C(=O)c3ccccc3C(=O)c3ccc(F)cc3)CC2)c1. The highest BCUT2D eigenvalue weighted by Crippen LogP contribution is 2.26. The molecule has 1 saturated heterocycles. The highest BCUT2D eigenvalue weighted by Gasteiger charge is 2.26. The molecule has 3 aromatic carbocycles. The maximum absolute atomic E-state index is 13.3. The van der Waals surface area contributed by atoms with E-state index in [0.717, 1.165) is 17.1 Å². The topological polar surface area (TPSA) is 59.1 Å². The Morgan fingerprint density at radius 3 is 2.18 bits per heavy atom. The molecular formula is C27H27FN2O4. The van der Waals surface area contributed by atoms with Crippen LogP contribution in [0.5, 0.6) is 11.5 Å². The molecular weight excluding hydrogens is 435 g/mol. The van der Waals surface area contributed by atoms with Gasteiger partial charge < -0.3 is 14.4 Å². The molecule has 1 heterocycles. The summed E-state index contributed by atoms with van der Waals surface area (Å²) in [7, 11) is 3.28. The number of benzene rings is 3. The molecule has 1 fully saturated rings. The number of halogens is 1. The highest BCUT2D eigenvalue weighted by atomic mass is 19.1. The van der Waals surface area contributed by atoms with Gasteiger partial charge >= 0.3 is 0 Å². The molecule has 4 rings (SSSR count). The lowest BCUT2D eigenvalue weighted by Crippen LogP contribution is -2.48. The van der Waals surface area contributed by atoms with Crippen LogP contribution in [0.15, 0.2) is 66.7 Å². The van der Waals surface area contributed by atoms with Crippen molar-refractivity contribution in [3.63, 3.8) is 0 Å². The van der Waals surface area contributed by atoms with Gasteiger partial charge in [-0.2, -0.15) is 0 Å². The van der Waals surface area contributed by atoms with Crippen molar-refractivity contribution < 1.29 is 23.5 Å². The Hall–Kier alpha value is -3.71. The Morgan fingerprint density at radius 2 is 1.53 bits per heavy atom. The van der Waals surface area contributed by atoms with Gasteiger partial charge in [-0.25, -0.2) is 4.39 Å². The summed E-state index contributed by atoms with van der Waals surface area (Å²) >= 11 is 0. The van der Waals surface area contributed by atoms with E-state index in [0.29, 0.717) is 49.4 Å². The van der Waals surface area contributed by atoms with Crippen LogP contribution in [0.1, 0.15) is 31.8 Å². The monoisotopic (exact) mass is 462 g/mol. The fraction of sp³-hybridized carbons (Fsp3) is 0.259. The van der Waals surface area contributed by atoms with Gasteiger partial charge in [-0.05, 0) is 48.5 Å². The van der Waals surface area contributed by atoms with Crippen molar-refractivity contribution >= 4 is 11.7 Å². The number of amides is 1. The van der Waals surface area contributed by atoms with Crippen LogP contribution in [-0.4, -0.2) is 61.9 Å². The molecule has 1 amide bonds. The van der Waals surface area contributed by atoms with Crippen LogP contribution in [0, 0.1) is 5.82 Å². The third kappa shape index (κ3) is 5.10. The summed E-state index contributed by atoms with van der Waals surface area (Å²) in [4.78, 5) is 30.4. The maximum atomic E-state index is 13.3. The van der Waals surface area contributed by atoms with Gasteiger partial charge in [0.15, 0.2) is 5.78 Å². The average Bonchev–Trinajstić information content (AvgIpc) is 2.88. The van der Waals surface area contributed by atoms with Crippen molar-refractivity contribution in [3.8, 4) is 11.5 Å². The molecule has 34 heavy (non-hydrogen) atoms. The summed E-state index contributed by atoms with van der Waals surface area (Å²) in [5, 5.41) is 0. The summed E-state index contributed by atoms with van der Waals surface area (Å²) in [6.07, 6.45) is 0. The van der Waals surface area contributed by atoms with E-state index in [9.17, 15) is 14.0 Å². The summed E-state index contributed by atoms with van der Waals surface area (Å²) < 4.78 is 24.1. The average molecular weight is 463 g/mol. The molecule has 0 unspecified atom stereocenters. The highest BCUT2D eigenvalue weighted by molar-refractivity contribution is 6.15. The van der Waals surface area contributed by atoms with E-state index in [1.165, 1.54) is 24.3 Å². The molecule has 7 heteroatoms. The second kappa shape index (κ2) is 10.5. The Kier molecular flexibility index (Phi) is 7.23. The van der Waals surface area contributed by atoms with Crippen LogP contribution in [-0.2, 0) is 6.54 Å². The molecule has 176 valence electrons.